The van der Waals surface area contributed by atoms with Gasteiger partial charge in [0.15, 0.2) is 12.1 Å². The summed E-state index contributed by atoms with van der Waals surface area (Å²) in [7, 11) is -5.72. The second-order valence-electron chi connectivity index (χ2n) is 5.75. The van der Waals surface area contributed by atoms with Crippen molar-refractivity contribution in [1.29, 1.82) is 0 Å². The molecule has 2 aromatic rings. The summed E-state index contributed by atoms with van der Waals surface area (Å²) in [6.07, 6.45) is -3.11. The molecule has 0 saturated carbocycles. The third kappa shape index (κ3) is 4.48. The molecule has 29 heavy (non-hydrogen) atoms. The Hall–Kier alpha value is -1.92. The highest BCUT2D eigenvalue weighted by molar-refractivity contribution is 7.92. The first-order valence-electron chi connectivity index (χ1n) is 8.18. The Morgan fingerprint density at radius 3 is 2.34 bits per heavy atom. The predicted molar refractivity (Wildman–Crippen MR) is 104 cm³/mol. The van der Waals surface area contributed by atoms with Gasteiger partial charge in [-0.1, -0.05) is 11.6 Å². The Morgan fingerprint density at radius 2 is 1.93 bits per heavy atom. The second-order valence-corrected chi connectivity index (χ2v) is 9.66. The summed E-state index contributed by atoms with van der Waals surface area (Å²) < 4.78 is 78.1. The number of aldehydes is 1. The fraction of sp³-hybridized carbons (Fsp3) is 0.375. The molecule has 1 aromatic heterocycles. The molecule has 0 aliphatic heterocycles. The Balaban J connectivity index is 2.90. The molecule has 7 nitrogen and oxygen atoms in total. The lowest BCUT2D eigenvalue weighted by atomic mass is 10.2. The van der Waals surface area contributed by atoms with Gasteiger partial charge >= 0.3 is 6.18 Å². The molecule has 0 fully saturated rings. The molecule has 0 saturated heterocycles. The minimum absolute atomic E-state index is 0.0946. The van der Waals surface area contributed by atoms with E-state index in [1.165, 1.54) is 20.1 Å². The molecule has 0 N–H and O–H groups in total. The molecule has 1 unspecified atom stereocenters. The lowest BCUT2D eigenvalue weighted by Crippen LogP contribution is -2.34. The normalized spacial score (nSPS) is 13.3. The van der Waals surface area contributed by atoms with Crippen LogP contribution in [-0.4, -0.2) is 47.2 Å². The summed E-state index contributed by atoms with van der Waals surface area (Å²) in [5.41, 5.74) is -1.41. The van der Waals surface area contributed by atoms with Crippen LogP contribution in [0.5, 0.6) is 0 Å². The molecule has 1 heterocycles. The number of sulfonamides is 1. The van der Waals surface area contributed by atoms with E-state index in [2.05, 4.69) is 5.10 Å². The fourth-order valence-corrected chi connectivity index (χ4v) is 4.93. The summed E-state index contributed by atoms with van der Waals surface area (Å²) in [4.78, 5) is 11.3. The minimum atomic E-state index is -4.64. The molecule has 0 amide bonds. The van der Waals surface area contributed by atoms with E-state index in [9.17, 15) is 30.6 Å². The summed E-state index contributed by atoms with van der Waals surface area (Å²) >= 11 is 6.03. The Labute approximate surface area is 173 Å². The van der Waals surface area contributed by atoms with E-state index in [0.29, 0.717) is 12.4 Å². The lowest BCUT2D eigenvalue weighted by Gasteiger charge is -2.24. The lowest BCUT2D eigenvalue weighted by molar-refractivity contribution is -0.137. The van der Waals surface area contributed by atoms with Gasteiger partial charge in [0.25, 0.3) is 0 Å². The zero-order valence-corrected chi connectivity index (χ0v) is 17.9. The highest BCUT2D eigenvalue weighted by atomic mass is 35.5. The van der Waals surface area contributed by atoms with Gasteiger partial charge in [0.05, 0.1) is 32.8 Å². The monoisotopic (exact) mass is 471 g/mol. The van der Waals surface area contributed by atoms with Crippen molar-refractivity contribution >= 4 is 44.5 Å². The number of anilines is 1. The number of rotatable bonds is 7. The van der Waals surface area contributed by atoms with Gasteiger partial charge in [0.1, 0.15) is 10.6 Å². The molecule has 0 radical (unpaired) electrons. The first kappa shape index (κ1) is 23.4. The van der Waals surface area contributed by atoms with E-state index in [0.717, 1.165) is 21.1 Å². The smallest absolute Gasteiger partial charge is 0.296 e. The van der Waals surface area contributed by atoms with Crippen molar-refractivity contribution in [3.8, 4) is 5.69 Å². The highest BCUT2D eigenvalue weighted by Crippen LogP contribution is 2.37. The number of alkyl halides is 3. The van der Waals surface area contributed by atoms with Gasteiger partial charge in [-0.2, -0.15) is 18.3 Å². The topological polar surface area (TPSA) is 89.3 Å². The van der Waals surface area contributed by atoms with Crippen LogP contribution in [0.25, 0.3) is 5.69 Å². The number of benzene rings is 1. The second kappa shape index (κ2) is 8.44. The first-order chi connectivity index (χ1) is 13.4. The Kier molecular flexibility index (Phi) is 6.80. The van der Waals surface area contributed by atoms with Crippen LogP contribution in [0.1, 0.15) is 29.9 Å². The van der Waals surface area contributed by atoms with Crippen LogP contribution >= 0.6 is 11.6 Å². The van der Waals surface area contributed by atoms with E-state index in [4.69, 9.17) is 11.6 Å². The van der Waals surface area contributed by atoms with E-state index in [-0.39, 0.29) is 39.4 Å². The summed E-state index contributed by atoms with van der Waals surface area (Å²) in [6, 6.07) is 2.42. The van der Waals surface area contributed by atoms with Crippen LogP contribution in [0.4, 0.5) is 19.0 Å². The first-order valence-corrected chi connectivity index (χ1v) is 11.7. The van der Waals surface area contributed by atoms with Crippen LogP contribution < -0.4 is 4.31 Å². The van der Waals surface area contributed by atoms with Gasteiger partial charge in [0.2, 0.25) is 10.0 Å². The van der Waals surface area contributed by atoms with Crippen LogP contribution in [0.15, 0.2) is 23.1 Å². The van der Waals surface area contributed by atoms with Gasteiger partial charge < -0.3 is 0 Å². The van der Waals surface area contributed by atoms with Crippen molar-refractivity contribution in [3.05, 3.63) is 34.5 Å². The largest absolute Gasteiger partial charge is 0.416 e. The highest BCUT2D eigenvalue weighted by Gasteiger charge is 2.34. The van der Waals surface area contributed by atoms with Crippen molar-refractivity contribution < 1.29 is 30.6 Å². The average Bonchev–Trinajstić information content (AvgIpc) is 3.00. The Morgan fingerprint density at radius 1 is 1.31 bits per heavy atom. The third-order valence-electron chi connectivity index (χ3n) is 3.97. The molecular formula is C16H17ClF3N3O4S2. The van der Waals surface area contributed by atoms with E-state index < -0.39 is 32.6 Å². The molecule has 0 aliphatic rings. The quantitative estimate of drug-likeness (QED) is 0.578. The van der Waals surface area contributed by atoms with Gasteiger partial charge in [-0.15, -0.1) is 0 Å². The summed E-state index contributed by atoms with van der Waals surface area (Å²) in [5.74, 6) is -0.516. The van der Waals surface area contributed by atoms with E-state index in [1.807, 2.05) is 0 Å². The number of hydrogen-bond acceptors (Lipinski definition) is 5. The average molecular weight is 472 g/mol. The SMILES string of the molecule is CCN(c1c(S(C)=O)c(C=O)nn1-c1ccc(C(F)(F)F)cc1Cl)S(=O)(=O)CC. The maximum atomic E-state index is 12.9. The molecular weight excluding hydrogens is 455 g/mol. The summed E-state index contributed by atoms with van der Waals surface area (Å²) in [6.45, 7) is 2.82. The van der Waals surface area contributed by atoms with Crippen molar-refractivity contribution in [2.24, 2.45) is 0 Å². The zero-order chi connectivity index (χ0) is 22.1. The third-order valence-corrected chi connectivity index (χ3v) is 7.07. The number of nitrogens with zero attached hydrogens (tertiary/aromatic N) is 3. The number of halogens is 4. The molecule has 0 bridgehead atoms. The molecule has 13 heteroatoms. The van der Waals surface area contributed by atoms with Gasteiger partial charge in [-0.3, -0.25) is 13.3 Å². The maximum absolute atomic E-state index is 12.9. The van der Waals surface area contributed by atoms with Crippen molar-refractivity contribution in [3.63, 3.8) is 0 Å². The van der Waals surface area contributed by atoms with E-state index in [1.54, 1.807) is 0 Å². The van der Waals surface area contributed by atoms with Crippen molar-refractivity contribution in [1.82, 2.24) is 9.78 Å². The van der Waals surface area contributed by atoms with Gasteiger partial charge in [-0.25, -0.2) is 13.1 Å². The molecule has 0 spiro atoms. The number of hydrogen-bond donors (Lipinski definition) is 0. The van der Waals surface area contributed by atoms with Gasteiger partial charge in [-0.05, 0) is 32.0 Å². The molecule has 1 aromatic carbocycles. The number of carbonyl (C=O) groups is 1. The fourth-order valence-electron chi connectivity index (χ4n) is 2.64. The minimum Gasteiger partial charge on any atom is -0.296 e. The molecule has 2 rings (SSSR count). The molecule has 0 aliphatic carbocycles. The van der Waals surface area contributed by atoms with Crippen molar-refractivity contribution in [2.75, 3.05) is 22.9 Å². The van der Waals surface area contributed by atoms with Crippen LogP contribution in [0, 0.1) is 0 Å². The number of aromatic nitrogens is 2. The van der Waals surface area contributed by atoms with Crippen LogP contribution in [0.2, 0.25) is 5.02 Å². The maximum Gasteiger partial charge on any atom is 0.416 e. The molecule has 1 atom stereocenters. The van der Waals surface area contributed by atoms with Crippen LogP contribution in [-0.2, 0) is 27.0 Å². The van der Waals surface area contributed by atoms with Gasteiger partial charge in [0, 0.05) is 12.8 Å². The van der Waals surface area contributed by atoms with Crippen molar-refractivity contribution in [2.45, 2.75) is 24.9 Å². The van der Waals surface area contributed by atoms with E-state index >= 15 is 0 Å². The number of carbonyl (C=O) groups excluding carboxylic acids is 1. The summed E-state index contributed by atoms with van der Waals surface area (Å²) in [5, 5.41) is 3.60. The van der Waals surface area contributed by atoms with Crippen LogP contribution in [0.3, 0.4) is 0 Å². The zero-order valence-electron chi connectivity index (χ0n) is 15.5. The predicted octanol–water partition coefficient (Wildman–Crippen LogP) is 3.27. The standard InChI is InChI=1S/C16H17ClF3N3O4S2/c1-4-22(29(26,27)5-2)15-14(28(3)25)12(9-24)21-23(15)13-7-6-10(8-11(13)17)16(18,19)20/h6-9H,4-5H2,1-3H3. The molecule has 160 valence electrons. The Bertz CT molecular complexity index is 1070.